The zero-order valence-corrected chi connectivity index (χ0v) is 11.9. The van der Waals surface area contributed by atoms with E-state index in [1.54, 1.807) is 12.4 Å². The lowest BCUT2D eigenvalue weighted by Crippen LogP contribution is -2.22. The largest absolute Gasteiger partial charge is 0.395 e. The minimum atomic E-state index is -0.135. The summed E-state index contributed by atoms with van der Waals surface area (Å²) in [6, 6.07) is 1.82. The summed E-state index contributed by atoms with van der Waals surface area (Å²) in [7, 11) is 0. The van der Waals surface area contributed by atoms with Gasteiger partial charge < -0.3 is 15.4 Å². The summed E-state index contributed by atoms with van der Waals surface area (Å²) in [5.74, 6) is 6.41. The number of nitrogens with one attached hydrogen (secondary N) is 2. The van der Waals surface area contributed by atoms with Crippen LogP contribution in [-0.4, -0.2) is 27.6 Å². The average molecular weight is 289 g/mol. The van der Waals surface area contributed by atoms with Gasteiger partial charge in [-0.3, -0.25) is 4.79 Å². The average Bonchev–Trinajstić information content (AvgIpc) is 3.07. The van der Waals surface area contributed by atoms with Crippen molar-refractivity contribution in [1.29, 1.82) is 0 Å². The van der Waals surface area contributed by atoms with Crippen molar-refractivity contribution in [3.63, 3.8) is 0 Å². The van der Waals surface area contributed by atoms with Gasteiger partial charge in [-0.2, -0.15) is 0 Å². The van der Waals surface area contributed by atoms with Crippen molar-refractivity contribution in [2.24, 2.45) is 0 Å². The van der Waals surface area contributed by atoms with Gasteiger partial charge in [0.1, 0.15) is 5.82 Å². The first kappa shape index (κ1) is 14.3. The van der Waals surface area contributed by atoms with Crippen LogP contribution in [0.25, 0.3) is 0 Å². The van der Waals surface area contributed by atoms with E-state index < -0.39 is 0 Å². The molecule has 2 aromatic heterocycles. The van der Waals surface area contributed by atoms with Crippen LogP contribution in [-0.2, 0) is 6.54 Å². The third-order valence-electron chi connectivity index (χ3n) is 2.55. The molecule has 1 amide bonds. The molecule has 104 valence electrons. The quantitative estimate of drug-likeness (QED) is 0.745. The van der Waals surface area contributed by atoms with Crippen LogP contribution in [0.3, 0.4) is 0 Å². The normalized spacial score (nSPS) is 9.90. The molecule has 20 heavy (non-hydrogen) atoms. The van der Waals surface area contributed by atoms with Gasteiger partial charge in [-0.25, -0.2) is 4.98 Å². The number of hydrogen-bond acceptors (Lipinski definition) is 4. The van der Waals surface area contributed by atoms with Gasteiger partial charge in [-0.05, 0) is 18.6 Å². The molecule has 0 aliphatic rings. The number of amides is 1. The van der Waals surface area contributed by atoms with Crippen molar-refractivity contribution in [2.45, 2.75) is 19.9 Å². The molecule has 0 bridgehead atoms. The van der Waals surface area contributed by atoms with Gasteiger partial charge in [0.2, 0.25) is 0 Å². The maximum atomic E-state index is 12.0. The lowest BCUT2D eigenvalue weighted by molar-refractivity contribution is 0.0954. The Morgan fingerprint density at radius 1 is 1.60 bits per heavy atom. The molecular weight excluding hydrogens is 274 g/mol. The second-order valence-corrected chi connectivity index (χ2v) is 5.17. The van der Waals surface area contributed by atoms with Gasteiger partial charge in [-0.15, -0.1) is 11.3 Å². The van der Waals surface area contributed by atoms with Crippen molar-refractivity contribution in [3.8, 4) is 11.8 Å². The van der Waals surface area contributed by atoms with E-state index in [1.165, 1.54) is 11.3 Å². The van der Waals surface area contributed by atoms with E-state index in [0.29, 0.717) is 17.8 Å². The summed E-state index contributed by atoms with van der Waals surface area (Å²) in [5, 5.41) is 11.5. The van der Waals surface area contributed by atoms with Crippen LogP contribution in [0.1, 0.15) is 32.4 Å². The molecule has 2 heterocycles. The first-order valence-corrected chi connectivity index (χ1v) is 6.99. The fourth-order valence-corrected chi connectivity index (χ4v) is 2.53. The highest BCUT2D eigenvalue weighted by molar-refractivity contribution is 7.14. The molecule has 3 N–H and O–H groups in total. The zero-order valence-electron chi connectivity index (χ0n) is 11.1. The molecule has 6 heteroatoms. The highest BCUT2D eigenvalue weighted by atomic mass is 32.1. The van der Waals surface area contributed by atoms with Gasteiger partial charge in [0.05, 0.1) is 22.9 Å². The Labute approximate surface area is 121 Å². The number of imidazole rings is 1. The minimum absolute atomic E-state index is 0.0495. The van der Waals surface area contributed by atoms with Crippen molar-refractivity contribution < 1.29 is 9.90 Å². The molecule has 5 nitrogen and oxygen atoms in total. The van der Waals surface area contributed by atoms with Crippen molar-refractivity contribution >= 4 is 17.2 Å². The standard InChI is InChI=1S/C14H15N3O2S/c1-10-8-12(20-11(10)4-2-3-7-18)14(19)17-9-13-15-5-6-16-13/h5-6,8,18H,3,7,9H2,1H3,(H,15,16)(H,17,19). The third-order valence-corrected chi connectivity index (χ3v) is 3.70. The van der Waals surface area contributed by atoms with Crippen molar-refractivity contribution in [3.05, 3.63) is 39.6 Å². The molecule has 0 saturated carbocycles. The maximum Gasteiger partial charge on any atom is 0.261 e. The van der Waals surface area contributed by atoms with E-state index >= 15 is 0 Å². The molecule has 2 rings (SSSR count). The first-order valence-electron chi connectivity index (χ1n) is 6.17. The molecule has 0 unspecified atom stereocenters. The van der Waals surface area contributed by atoms with Crippen molar-refractivity contribution in [1.82, 2.24) is 15.3 Å². The fourth-order valence-electron chi connectivity index (χ4n) is 1.56. The van der Waals surface area contributed by atoms with Crippen LogP contribution in [0.2, 0.25) is 0 Å². The van der Waals surface area contributed by atoms with Crippen LogP contribution in [0, 0.1) is 18.8 Å². The highest BCUT2D eigenvalue weighted by Gasteiger charge is 2.11. The van der Waals surface area contributed by atoms with E-state index in [4.69, 9.17) is 5.11 Å². The number of carbonyl (C=O) groups excluding carboxylic acids is 1. The number of aryl methyl sites for hydroxylation is 1. The predicted molar refractivity (Wildman–Crippen MR) is 77.4 cm³/mol. The van der Waals surface area contributed by atoms with E-state index in [9.17, 15) is 4.79 Å². The first-order chi connectivity index (χ1) is 9.70. The van der Waals surface area contributed by atoms with Crippen LogP contribution >= 0.6 is 11.3 Å². The van der Waals surface area contributed by atoms with E-state index in [0.717, 1.165) is 16.3 Å². The predicted octanol–water partition coefficient (Wildman–Crippen LogP) is 1.44. The van der Waals surface area contributed by atoms with Gasteiger partial charge >= 0.3 is 0 Å². The van der Waals surface area contributed by atoms with E-state index in [-0.39, 0.29) is 12.5 Å². The van der Waals surface area contributed by atoms with Crippen molar-refractivity contribution in [2.75, 3.05) is 6.61 Å². The molecule has 0 fully saturated rings. The minimum Gasteiger partial charge on any atom is -0.395 e. The number of hydrogen-bond donors (Lipinski definition) is 3. The Morgan fingerprint density at radius 2 is 2.45 bits per heavy atom. The van der Waals surface area contributed by atoms with E-state index in [2.05, 4.69) is 27.1 Å². The number of aliphatic hydroxyl groups excluding tert-OH is 1. The second kappa shape index (κ2) is 6.89. The lowest BCUT2D eigenvalue weighted by atomic mass is 10.2. The topological polar surface area (TPSA) is 78.0 Å². The maximum absolute atomic E-state index is 12.0. The summed E-state index contributed by atoms with van der Waals surface area (Å²) in [5.41, 5.74) is 0.976. The summed E-state index contributed by atoms with van der Waals surface area (Å²) in [6.45, 7) is 2.34. The highest BCUT2D eigenvalue weighted by Crippen LogP contribution is 2.20. The monoisotopic (exact) mass is 289 g/mol. The number of H-pyrrole nitrogens is 1. The Kier molecular flexibility index (Phi) is 4.93. The van der Waals surface area contributed by atoms with E-state index in [1.807, 2.05) is 13.0 Å². The number of nitrogens with zero attached hydrogens (tertiary/aromatic N) is 1. The molecule has 0 aliphatic heterocycles. The van der Waals surface area contributed by atoms with Gasteiger partial charge in [-0.1, -0.05) is 11.8 Å². The molecular formula is C14H15N3O2S. The van der Waals surface area contributed by atoms with Gasteiger partial charge in [0.15, 0.2) is 0 Å². The SMILES string of the molecule is Cc1cc(C(=O)NCc2ncc[nH]2)sc1C#CCCO. The number of aromatic nitrogens is 2. The summed E-state index contributed by atoms with van der Waals surface area (Å²) in [6.07, 6.45) is 3.80. The number of thiophene rings is 1. The Morgan fingerprint density at radius 3 is 3.15 bits per heavy atom. The molecule has 0 radical (unpaired) electrons. The third kappa shape index (κ3) is 3.70. The summed E-state index contributed by atoms with van der Waals surface area (Å²) in [4.78, 5) is 20.5. The molecule has 0 atom stereocenters. The smallest absolute Gasteiger partial charge is 0.261 e. The van der Waals surface area contributed by atoms with Crippen LogP contribution < -0.4 is 5.32 Å². The zero-order chi connectivity index (χ0) is 14.4. The number of aliphatic hydroxyl groups is 1. The molecule has 2 aromatic rings. The summed E-state index contributed by atoms with van der Waals surface area (Å²) >= 11 is 1.36. The fraction of sp³-hybridized carbons (Fsp3) is 0.286. The molecule has 0 spiro atoms. The lowest BCUT2D eigenvalue weighted by Gasteiger charge is -1.99. The second-order valence-electron chi connectivity index (χ2n) is 4.12. The number of carbonyl (C=O) groups is 1. The Balaban J connectivity index is 2.00. The van der Waals surface area contributed by atoms with Crippen LogP contribution in [0.15, 0.2) is 18.5 Å². The molecule has 0 aromatic carbocycles. The molecule has 0 saturated heterocycles. The summed E-state index contributed by atoms with van der Waals surface area (Å²) < 4.78 is 0. The Hall–Kier alpha value is -2.10. The number of aromatic amines is 1. The van der Waals surface area contributed by atoms with Crippen LogP contribution in [0.4, 0.5) is 0 Å². The van der Waals surface area contributed by atoms with Crippen LogP contribution in [0.5, 0.6) is 0 Å². The number of rotatable bonds is 4. The Bertz CT molecular complexity index is 635. The van der Waals surface area contributed by atoms with Gasteiger partial charge in [0, 0.05) is 18.8 Å². The molecule has 0 aliphatic carbocycles. The van der Waals surface area contributed by atoms with Gasteiger partial charge in [0.25, 0.3) is 5.91 Å².